The van der Waals surface area contributed by atoms with E-state index in [0.717, 1.165) is 18.4 Å². The Morgan fingerprint density at radius 3 is 2.57 bits per heavy atom. The summed E-state index contributed by atoms with van der Waals surface area (Å²) in [6.07, 6.45) is 1.95. The minimum absolute atomic E-state index is 0.138. The van der Waals surface area contributed by atoms with Crippen LogP contribution in [0.15, 0.2) is 23.1 Å². The second-order valence-corrected chi connectivity index (χ2v) is 7.45. The Labute approximate surface area is 137 Å². The fraction of sp³-hybridized carbons (Fsp3) is 0.562. The van der Waals surface area contributed by atoms with Crippen LogP contribution in [0.1, 0.15) is 32.3 Å². The molecule has 1 aromatic rings. The Morgan fingerprint density at radius 1 is 1.35 bits per heavy atom. The van der Waals surface area contributed by atoms with Crippen molar-refractivity contribution in [2.75, 3.05) is 19.7 Å². The molecule has 1 heterocycles. The van der Waals surface area contributed by atoms with Crippen LogP contribution < -0.4 is 9.46 Å². The molecule has 1 aromatic carbocycles. The Bertz CT molecular complexity index is 667. The molecule has 0 spiro atoms. The zero-order chi connectivity index (χ0) is 17.0. The highest BCUT2D eigenvalue weighted by Crippen LogP contribution is 2.22. The van der Waals surface area contributed by atoms with Gasteiger partial charge in [0.05, 0.1) is 17.5 Å². The number of hydrogen-bond donors (Lipinski definition) is 1. The topological polar surface area (TPSA) is 75.7 Å². The molecule has 0 radical (unpaired) electrons. The van der Waals surface area contributed by atoms with E-state index in [1.165, 1.54) is 6.07 Å². The highest BCUT2D eigenvalue weighted by atomic mass is 32.2. The van der Waals surface area contributed by atoms with Crippen LogP contribution in [0.2, 0.25) is 0 Å². The number of rotatable bonds is 6. The van der Waals surface area contributed by atoms with Gasteiger partial charge in [-0.3, -0.25) is 4.79 Å². The van der Waals surface area contributed by atoms with Crippen molar-refractivity contribution in [1.82, 2.24) is 9.62 Å². The molecule has 1 fully saturated rings. The Kier molecular flexibility index (Phi) is 5.64. The van der Waals surface area contributed by atoms with Gasteiger partial charge in [-0.1, -0.05) is 0 Å². The highest BCUT2D eigenvalue weighted by Gasteiger charge is 2.27. The molecule has 1 N–H and O–H groups in total. The van der Waals surface area contributed by atoms with Crippen LogP contribution in [0, 0.1) is 6.92 Å². The van der Waals surface area contributed by atoms with Crippen LogP contribution in [-0.4, -0.2) is 45.0 Å². The average Bonchev–Trinajstić information content (AvgIpc) is 3.02. The molecule has 0 saturated carbocycles. The third-order valence-electron chi connectivity index (χ3n) is 3.88. The summed E-state index contributed by atoms with van der Waals surface area (Å²) in [6, 6.07) is 3.92. The van der Waals surface area contributed by atoms with Gasteiger partial charge in [0.15, 0.2) is 0 Å². The van der Waals surface area contributed by atoms with Crippen molar-refractivity contribution in [1.29, 1.82) is 0 Å². The fourth-order valence-corrected chi connectivity index (χ4v) is 3.95. The van der Waals surface area contributed by atoms with Crippen molar-refractivity contribution in [3.63, 3.8) is 0 Å². The number of amides is 1. The fourth-order valence-electron chi connectivity index (χ4n) is 2.67. The number of carbonyl (C=O) groups is 1. The first-order valence-electron chi connectivity index (χ1n) is 7.89. The molecule has 128 valence electrons. The Hall–Kier alpha value is -1.60. The molecule has 6 nitrogen and oxygen atoms in total. The van der Waals surface area contributed by atoms with E-state index in [9.17, 15) is 13.2 Å². The Balaban J connectivity index is 2.11. The number of benzene rings is 1. The molecule has 1 aliphatic rings. The lowest BCUT2D eigenvalue weighted by Crippen LogP contribution is -2.45. The monoisotopic (exact) mass is 340 g/mol. The lowest BCUT2D eigenvalue weighted by Gasteiger charge is -2.21. The summed E-state index contributed by atoms with van der Waals surface area (Å²) in [6.45, 7) is 7.17. The molecule has 0 aliphatic carbocycles. The third kappa shape index (κ3) is 4.23. The van der Waals surface area contributed by atoms with E-state index in [0.29, 0.717) is 25.4 Å². The summed E-state index contributed by atoms with van der Waals surface area (Å²) in [5.74, 6) is 0.487. The largest absolute Gasteiger partial charge is 0.494 e. The summed E-state index contributed by atoms with van der Waals surface area (Å²) in [4.78, 5) is 14.1. The number of nitrogens with zero attached hydrogens (tertiary/aromatic N) is 1. The van der Waals surface area contributed by atoms with E-state index in [-0.39, 0.29) is 10.8 Å². The molecule has 23 heavy (non-hydrogen) atoms. The van der Waals surface area contributed by atoms with Gasteiger partial charge in [-0.05, 0) is 57.4 Å². The smallest absolute Gasteiger partial charge is 0.241 e. The van der Waals surface area contributed by atoms with Gasteiger partial charge >= 0.3 is 0 Å². The number of aryl methyl sites for hydroxylation is 1. The number of sulfonamides is 1. The van der Waals surface area contributed by atoms with E-state index in [1.54, 1.807) is 30.9 Å². The van der Waals surface area contributed by atoms with Gasteiger partial charge in [0, 0.05) is 13.1 Å². The van der Waals surface area contributed by atoms with Crippen LogP contribution in [0.4, 0.5) is 0 Å². The van der Waals surface area contributed by atoms with Crippen LogP contribution in [-0.2, 0) is 14.8 Å². The summed E-state index contributed by atoms with van der Waals surface area (Å²) in [5.41, 5.74) is 0.744. The molecule has 0 bridgehead atoms. The quantitative estimate of drug-likeness (QED) is 0.855. The molecule has 0 unspecified atom stereocenters. The lowest BCUT2D eigenvalue weighted by atomic mass is 10.2. The van der Waals surface area contributed by atoms with Gasteiger partial charge < -0.3 is 9.64 Å². The van der Waals surface area contributed by atoms with E-state index < -0.39 is 16.1 Å². The molecule has 0 aromatic heterocycles. The van der Waals surface area contributed by atoms with Crippen LogP contribution >= 0.6 is 0 Å². The van der Waals surface area contributed by atoms with Crippen molar-refractivity contribution in [2.24, 2.45) is 0 Å². The summed E-state index contributed by atoms with van der Waals surface area (Å²) in [5, 5.41) is 0. The zero-order valence-corrected chi connectivity index (χ0v) is 14.6. The lowest BCUT2D eigenvalue weighted by molar-refractivity contribution is -0.131. The minimum atomic E-state index is -3.74. The third-order valence-corrected chi connectivity index (χ3v) is 5.42. The maximum atomic E-state index is 12.5. The van der Waals surface area contributed by atoms with Gasteiger partial charge in [0.1, 0.15) is 5.75 Å². The predicted molar refractivity (Wildman–Crippen MR) is 87.9 cm³/mol. The van der Waals surface area contributed by atoms with E-state index in [2.05, 4.69) is 4.72 Å². The molecule has 7 heteroatoms. The van der Waals surface area contributed by atoms with Crippen LogP contribution in [0.5, 0.6) is 5.75 Å². The van der Waals surface area contributed by atoms with E-state index >= 15 is 0 Å². The minimum Gasteiger partial charge on any atom is -0.494 e. The number of hydrogen-bond acceptors (Lipinski definition) is 4. The van der Waals surface area contributed by atoms with E-state index in [1.807, 2.05) is 6.92 Å². The summed E-state index contributed by atoms with van der Waals surface area (Å²) in [7, 11) is -3.74. The van der Waals surface area contributed by atoms with Crippen molar-refractivity contribution < 1.29 is 17.9 Å². The van der Waals surface area contributed by atoms with Gasteiger partial charge in [-0.25, -0.2) is 8.42 Å². The standard InChI is InChI=1S/C16H24N2O4S/c1-4-22-15-8-7-14(11-12(15)2)23(20,21)17-13(3)16(19)18-9-5-6-10-18/h7-8,11,13,17H,4-6,9-10H2,1-3H3/t13-/m1/s1. The van der Waals surface area contributed by atoms with Crippen LogP contribution in [0.25, 0.3) is 0 Å². The molecular formula is C16H24N2O4S. The van der Waals surface area contributed by atoms with Crippen molar-refractivity contribution >= 4 is 15.9 Å². The first kappa shape index (κ1) is 17.7. The van der Waals surface area contributed by atoms with Crippen molar-refractivity contribution in [3.05, 3.63) is 23.8 Å². The van der Waals surface area contributed by atoms with Crippen molar-refractivity contribution in [2.45, 2.75) is 44.6 Å². The molecule has 1 amide bonds. The predicted octanol–water partition coefficient (Wildman–Crippen LogP) is 1.68. The first-order valence-corrected chi connectivity index (χ1v) is 9.38. The van der Waals surface area contributed by atoms with Crippen LogP contribution in [0.3, 0.4) is 0 Å². The highest BCUT2D eigenvalue weighted by molar-refractivity contribution is 7.89. The van der Waals surface area contributed by atoms with Gasteiger partial charge in [-0.2, -0.15) is 4.72 Å². The Morgan fingerprint density at radius 2 is 2.00 bits per heavy atom. The van der Waals surface area contributed by atoms with E-state index in [4.69, 9.17) is 4.74 Å². The molecular weight excluding hydrogens is 316 g/mol. The van der Waals surface area contributed by atoms with Crippen molar-refractivity contribution in [3.8, 4) is 5.75 Å². The normalized spacial score (nSPS) is 16.4. The summed E-state index contributed by atoms with van der Waals surface area (Å²) >= 11 is 0. The molecule has 2 rings (SSSR count). The SMILES string of the molecule is CCOc1ccc(S(=O)(=O)N[C@H](C)C(=O)N2CCCC2)cc1C. The number of ether oxygens (including phenoxy) is 1. The number of carbonyl (C=O) groups excluding carboxylic acids is 1. The maximum Gasteiger partial charge on any atom is 0.241 e. The van der Waals surface area contributed by atoms with Gasteiger partial charge in [0.25, 0.3) is 0 Å². The van der Waals surface area contributed by atoms with Gasteiger partial charge in [-0.15, -0.1) is 0 Å². The number of nitrogens with one attached hydrogen (secondary N) is 1. The maximum absolute atomic E-state index is 12.5. The summed E-state index contributed by atoms with van der Waals surface area (Å²) < 4.78 is 32.8. The molecule has 1 saturated heterocycles. The second kappa shape index (κ2) is 7.31. The number of likely N-dealkylation sites (tertiary alicyclic amines) is 1. The van der Waals surface area contributed by atoms with Gasteiger partial charge in [0.2, 0.25) is 15.9 Å². The zero-order valence-electron chi connectivity index (χ0n) is 13.8. The first-order chi connectivity index (χ1) is 10.8. The second-order valence-electron chi connectivity index (χ2n) is 5.74. The molecule has 1 atom stereocenters. The average molecular weight is 340 g/mol. The molecule has 1 aliphatic heterocycles.